The van der Waals surface area contributed by atoms with Crippen LogP contribution in [0.1, 0.15) is 15.9 Å². The van der Waals surface area contributed by atoms with E-state index >= 15 is 0 Å². The molecule has 0 aromatic heterocycles. The van der Waals surface area contributed by atoms with E-state index in [1.165, 1.54) is 6.08 Å². The molecule has 2 aromatic carbocycles. The molecule has 116 valence electrons. The second kappa shape index (κ2) is 6.23. The van der Waals surface area contributed by atoms with E-state index in [2.05, 4.69) is 5.32 Å². The zero-order chi connectivity index (χ0) is 16.2. The average molecular weight is 310 g/mol. The lowest BCUT2D eigenvalue weighted by molar-refractivity contribution is -0.114. The number of hydrogen-bond acceptors (Lipinski definition) is 4. The van der Waals surface area contributed by atoms with Crippen molar-refractivity contribution in [2.75, 3.05) is 6.79 Å². The highest BCUT2D eigenvalue weighted by Crippen LogP contribution is 2.32. The van der Waals surface area contributed by atoms with E-state index in [1.54, 1.807) is 48.5 Å². The van der Waals surface area contributed by atoms with E-state index in [4.69, 9.17) is 15.2 Å². The minimum atomic E-state index is -0.730. The SMILES string of the molecule is NC(=O)/C(=C/c1ccc2c(c1)OCO2)NC(=O)c1ccccc1. The third-order valence-corrected chi connectivity index (χ3v) is 3.26. The number of benzene rings is 2. The van der Waals surface area contributed by atoms with Gasteiger partial charge in [0.1, 0.15) is 5.70 Å². The van der Waals surface area contributed by atoms with Gasteiger partial charge in [0.25, 0.3) is 11.8 Å². The molecule has 0 spiro atoms. The lowest BCUT2D eigenvalue weighted by Crippen LogP contribution is -2.31. The third kappa shape index (κ3) is 3.32. The number of amides is 2. The minimum Gasteiger partial charge on any atom is -0.454 e. The number of nitrogens with one attached hydrogen (secondary N) is 1. The van der Waals surface area contributed by atoms with Crippen molar-refractivity contribution in [2.24, 2.45) is 5.73 Å². The van der Waals surface area contributed by atoms with Crippen LogP contribution in [0, 0.1) is 0 Å². The molecule has 23 heavy (non-hydrogen) atoms. The highest BCUT2D eigenvalue weighted by atomic mass is 16.7. The van der Waals surface area contributed by atoms with Gasteiger partial charge < -0.3 is 20.5 Å². The zero-order valence-corrected chi connectivity index (χ0v) is 12.1. The van der Waals surface area contributed by atoms with E-state index in [9.17, 15) is 9.59 Å². The normalized spacial score (nSPS) is 12.8. The van der Waals surface area contributed by atoms with Crippen molar-refractivity contribution in [1.29, 1.82) is 0 Å². The van der Waals surface area contributed by atoms with Gasteiger partial charge in [-0.25, -0.2) is 0 Å². The Bertz CT molecular complexity index is 784. The van der Waals surface area contributed by atoms with Crippen LogP contribution in [0.3, 0.4) is 0 Å². The predicted octanol–water partition coefficient (Wildman–Crippen LogP) is 1.67. The van der Waals surface area contributed by atoms with Crippen LogP contribution >= 0.6 is 0 Å². The Kier molecular flexibility index (Phi) is 3.97. The zero-order valence-electron chi connectivity index (χ0n) is 12.1. The van der Waals surface area contributed by atoms with Gasteiger partial charge in [0.05, 0.1) is 0 Å². The standard InChI is InChI=1S/C17H14N2O4/c18-16(20)13(19-17(21)12-4-2-1-3-5-12)8-11-6-7-14-15(9-11)23-10-22-14/h1-9H,10H2,(H2,18,20)(H,19,21)/b13-8-. The molecule has 0 bridgehead atoms. The van der Waals surface area contributed by atoms with Crippen LogP contribution in [0.25, 0.3) is 6.08 Å². The molecule has 6 nitrogen and oxygen atoms in total. The summed E-state index contributed by atoms with van der Waals surface area (Å²) in [4.78, 5) is 23.7. The van der Waals surface area contributed by atoms with Crippen LogP contribution in [-0.4, -0.2) is 18.6 Å². The maximum absolute atomic E-state index is 12.1. The molecule has 6 heteroatoms. The summed E-state index contributed by atoms with van der Waals surface area (Å²) in [7, 11) is 0. The molecule has 1 aliphatic rings. The quantitative estimate of drug-likeness (QED) is 0.841. The number of carbonyl (C=O) groups excluding carboxylic acids is 2. The number of fused-ring (bicyclic) bond motifs is 1. The van der Waals surface area contributed by atoms with Crippen molar-refractivity contribution in [1.82, 2.24) is 5.32 Å². The van der Waals surface area contributed by atoms with Gasteiger partial charge in [-0.1, -0.05) is 24.3 Å². The van der Waals surface area contributed by atoms with E-state index in [0.29, 0.717) is 22.6 Å². The molecule has 0 saturated carbocycles. The molecule has 2 aromatic rings. The average Bonchev–Trinajstić information content (AvgIpc) is 3.02. The molecule has 3 N–H and O–H groups in total. The molecule has 0 saturated heterocycles. The van der Waals surface area contributed by atoms with Crippen molar-refractivity contribution < 1.29 is 19.1 Å². The van der Waals surface area contributed by atoms with Gasteiger partial charge in [-0.15, -0.1) is 0 Å². The Morgan fingerprint density at radius 2 is 1.78 bits per heavy atom. The fourth-order valence-corrected chi connectivity index (χ4v) is 2.12. The molecule has 0 atom stereocenters. The van der Waals surface area contributed by atoms with Crippen molar-refractivity contribution in [3.8, 4) is 11.5 Å². The second-order valence-corrected chi connectivity index (χ2v) is 4.86. The van der Waals surface area contributed by atoms with Gasteiger partial charge in [0.2, 0.25) is 6.79 Å². The first-order valence-electron chi connectivity index (χ1n) is 6.91. The molecule has 1 aliphatic heterocycles. The molecule has 1 heterocycles. The summed E-state index contributed by atoms with van der Waals surface area (Å²) >= 11 is 0. The van der Waals surface area contributed by atoms with Crippen LogP contribution < -0.4 is 20.5 Å². The van der Waals surface area contributed by atoms with E-state index in [0.717, 1.165) is 0 Å². The third-order valence-electron chi connectivity index (χ3n) is 3.26. The first-order chi connectivity index (χ1) is 11.1. The van der Waals surface area contributed by atoms with Crippen molar-refractivity contribution in [3.63, 3.8) is 0 Å². The number of carbonyl (C=O) groups is 2. The molecule has 0 fully saturated rings. The number of rotatable bonds is 4. The van der Waals surface area contributed by atoms with Gasteiger partial charge in [-0.3, -0.25) is 9.59 Å². The van der Waals surface area contributed by atoms with E-state index in [1.807, 2.05) is 0 Å². The number of hydrogen-bond donors (Lipinski definition) is 2. The van der Waals surface area contributed by atoms with Gasteiger partial charge >= 0.3 is 0 Å². The Balaban J connectivity index is 1.84. The predicted molar refractivity (Wildman–Crippen MR) is 83.6 cm³/mol. The van der Waals surface area contributed by atoms with E-state index < -0.39 is 11.8 Å². The first kappa shape index (κ1) is 14.6. The van der Waals surface area contributed by atoms with Crippen LogP contribution in [0.4, 0.5) is 0 Å². The summed E-state index contributed by atoms with van der Waals surface area (Å²) in [6.45, 7) is 0.163. The van der Waals surface area contributed by atoms with Gasteiger partial charge in [0.15, 0.2) is 11.5 Å². The molecular formula is C17H14N2O4. The fourth-order valence-electron chi connectivity index (χ4n) is 2.12. The summed E-state index contributed by atoms with van der Waals surface area (Å²) in [6.07, 6.45) is 1.49. The van der Waals surface area contributed by atoms with E-state index in [-0.39, 0.29) is 12.5 Å². The lowest BCUT2D eigenvalue weighted by atomic mass is 10.1. The number of nitrogens with two attached hydrogens (primary N) is 1. The summed E-state index contributed by atoms with van der Waals surface area (Å²) in [6, 6.07) is 13.7. The van der Waals surface area contributed by atoms with Crippen LogP contribution in [0.5, 0.6) is 11.5 Å². The fraction of sp³-hybridized carbons (Fsp3) is 0.0588. The monoisotopic (exact) mass is 310 g/mol. The number of primary amides is 1. The second-order valence-electron chi connectivity index (χ2n) is 4.86. The number of ether oxygens (including phenoxy) is 2. The largest absolute Gasteiger partial charge is 0.454 e. The van der Waals surface area contributed by atoms with Crippen LogP contribution in [0.15, 0.2) is 54.2 Å². The highest BCUT2D eigenvalue weighted by Gasteiger charge is 2.15. The van der Waals surface area contributed by atoms with Gasteiger partial charge in [0, 0.05) is 5.56 Å². The molecule has 0 radical (unpaired) electrons. The highest BCUT2D eigenvalue weighted by molar-refractivity contribution is 6.04. The smallest absolute Gasteiger partial charge is 0.265 e. The van der Waals surface area contributed by atoms with Crippen molar-refractivity contribution in [3.05, 3.63) is 65.4 Å². The Morgan fingerprint density at radius 1 is 1.04 bits per heavy atom. The summed E-state index contributed by atoms with van der Waals surface area (Å²) in [5.74, 6) is 0.0800. The molecule has 3 rings (SSSR count). The molecule has 2 amide bonds. The molecule has 0 aliphatic carbocycles. The maximum Gasteiger partial charge on any atom is 0.265 e. The molecular weight excluding hydrogens is 296 g/mol. The van der Waals surface area contributed by atoms with Gasteiger partial charge in [-0.05, 0) is 35.9 Å². The Morgan fingerprint density at radius 3 is 2.52 bits per heavy atom. The van der Waals surface area contributed by atoms with Crippen LogP contribution in [-0.2, 0) is 4.79 Å². The Hall–Kier alpha value is -3.28. The Labute approximate surface area is 132 Å². The topological polar surface area (TPSA) is 90.7 Å². The van der Waals surface area contributed by atoms with Gasteiger partial charge in [-0.2, -0.15) is 0 Å². The maximum atomic E-state index is 12.1. The van der Waals surface area contributed by atoms with Crippen LogP contribution in [0.2, 0.25) is 0 Å². The van der Waals surface area contributed by atoms with Crippen molar-refractivity contribution >= 4 is 17.9 Å². The summed E-state index contributed by atoms with van der Waals surface area (Å²) < 4.78 is 10.5. The molecule has 0 unspecified atom stereocenters. The van der Waals surface area contributed by atoms with Crippen molar-refractivity contribution in [2.45, 2.75) is 0 Å². The first-order valence-corrected chi connectivity index (χ1v) is 6.91. The summed E-state index contributed by atoms with van der Waals surface area (Å²) in [5, 5.41) is 2.52. The minimum absolute atomic E-state index is 0.00211. The lowest BCUT2D eigenvalue weighted by Gasteiger charge is -2.07. The summed E-state index contributed by atoms with van der Waals surface area (Å²) in [5.41, 5.74) is 6.44.